The van der Waals surface area contributed by atoms with Crippen molar-refractivity contribution in [1.29, 1.82) is 0 Å². The third kappa shape index (κ3) is 3.42. The summed E-state index contributed by atoms with van der Waals surface area (Å²) < 4.78 is 5.61. The van der Waals surface area contributed by atoms with Crippen LogP contribution in [0, 0.1) is 6.92 Å². The lowest BCUT2D eigenvalue weighted by Gasteiger charge is -2.16. The van der Waals surface area contributed by atoms with Crippen molar-refractivity contribution in [2.45, 2.75) is 26.9 Å². The largest absolute Gasteiger partial charge is 0.489 e. The summed E-state index contributed by atoms with van der Waals surface area (Å²) in [4.78, 5) is 11.3. The lowest BCUT2D eigenvalue weighted by atomic mass is 10.2. The molecule has 1 rings (SSSR count). The Kier molecular flexibility index (Phi) is 4.62. The molecule has 0 heterocycles. The van der Waals surface area contributed by atoms with E-state index in [0.29, 0.717) is 11.4 Å². The van der Waals surface area contributed by atoms with E-state index in [1.165, 1.54) is 0 Å². The van der Waals surface area contributed by atoms with Crippen LogP contribution in [0.15, 0.2) is 18.2 Å². The Morgan fingerprint density at radius 3 is 2.75 bits per heavy atom. The van der Waals surface area contributed by atoms with Crippen molar-refractivity contribution in [2.24, 2.45) is 0 Å². The molecule has 0 bridgehead atoms. The van der Waals surface area contributed by atoms with Gasteiger partial charge in [0.1, 0.15) is 11.6 Å². The predicted molar refractivity (Wildman–Crippen MR) is 66.3 cm³/mol. The Balaban J connectivity index is 2.98. The second-order valence-corrected chi connectivity index (χ2v) is 4.06. The summed E-state index contributed by atoms with van der Waals surface area (Å²) >= 11 is 5.46. The molecule has 0 spiro atoms. The minimum Gasteiger partial charge on any atom is -0.489 e. The summed E-state index contributed by atoms with van der Waals surface area (Å²) in [5, 5.41) is 2.74. The number of aryl methyl sites for hydroxylation is 1. The van der Waals surface area contributed by atoms with Gasteiger partial charge in [0.05, 0.1) is 11.8 Å². The lowest BCUT2D eigenvalue weighted by Crippen LogP contribution is -2.16. The standard InChI is InChI=1S/C12H16ClNO2/c1-8(2)16-10-6-4-5-9(3)12(10)14-11(15)7-13/h4-6,8H,7H2,1-3H3,(H,14,15). The van der Waals surface area contributed by atoms with Crippen molar-refractivity contribution < 1.29 is 9.53 Å². The van der Waals surface area contributed by atoms with E-state index in [4.69, 9.17) is 16.3 Å². The Labute approximate surface area is 101 Å². The van der Waals surface area contributed by atoms with Crippen LogP contribution >= 0.6 is 11.6 Å². The van der Waals surface area contributed by atoms with Crippen molar-refractivity contribution in [3.8, 4) is 5.75 Å². The van der Waals surface area contributed by atoms with E-state index < -0.39 is 0 Å². The van der Waals surface area contributed by atoms with Gasteiger partial charge in [0.2, 0.25) is 5.91 Å². The Hall–Kier alpha value is -1.22. The maximum Gasteiger partial charge on any atom is 0.239 e. The molecule has 4 heteroatoms. The lowest BCUT2D eigenvalue weighted by molar-refractivity contribution is -0.113. The molecular formula is C12H16ClNO2. The van der Waals surface area contributed by atoms with Gasteiger partial charge in [0.25, 0.3) is 0 Å². The van der Waals surface area contributed by atoms with E-state index in [0.717, 1.165) is 5.56 Å². The second kappa shape index (κ2) is 5.75. The molecule has 0 aliphatic heterocycles. The number of ether oxygens (including phenoxy) is 1. The van der Waals surface area contributed by atoms with E-state index >= 15 is 0 Å². The van der Waals surface area contributed by atoms with Crippen molar-refractivity contribution in [3.05, 3.63) is 23.8 Å². The van der Waals surface area contributed by atoms with Crippen LogP contribution in [0.5, 0.6) is 5.75 Å². The Bertz CT molecular complexity index is 377. The normalized spacial score (nSPS) is 10.3. The maximum absolute atomic E-state index is 11.3. The first kappa shape index (κ1) is 12.8. The van der Waals surface area contributed by atoms with Crippen LogP contribution in [0.3, 0.4) is 0 Å². The van der Waals surface area contributed by atoms with Crippen LogP contribution in [0.4, 0.5) is 5.69 Å². The monoisotopic (exact) mass is 241 g/mol. The maximum atomic E-state index is 11.3. The first-order valence-electron chi connectivity index (χ1n) is 5.16. The van der Waals surface area contributed by atoms with Crippen LogP contribution in [0.1, 0.15) is 19.4 Å². The number of nitrogens with one attached hydrogen (secondary N) is 1. The minimum atomic E-state index is -0.232. The van der Waals surface area contributed by atoms with Crippen LogP contribution in [0.25, 0.3) is 0 Å². The summed E-state index contributed by atoms with van der Waals surface area (Å²) in [6.07, 6.45) is 0.0634. The van der Waals surface area contributed by atoms with E-state index in [1.54, 1.807) is 0 Å². The van der Waals surface area contributed by atoms with Crippen molar-refractivity contribution in [1.82, 2.24) is 0 Å². The molecule has 16 heavy (non-hydrogen) atoms. The predicted octanol–water partition coefficient (Wildman–Crippen LogP) is 2.96. The number of halogens is 1. The van der Waals surface area contributed by atoms with Gasteiger partial charge in [-0.1, -0.05) is 12.1 Å². The highest BCUT2D eigenvalue weighted by Gasteiger charge is 2.10. The number of amides is 1. The fraction of sp³-hybridized carbons (Fsp3) is 0.417. The van der Waals surface area contributed by atoms with Crippen LogP contribution in [-0.4, -0.2) is 17.9 Å². The fourth-order valence-electron chi connectivity index (χ4n) is 1.33. The molecule has 1 aromatic carbocycles. The first-order chi connectivity index (χ1) is 7.54. The summed E-state index contributed by atoms with van der Waals surface area (Å²) in [5.74, 6) is 0.383. The van der Waals surface area contributed by atoms with Gasteiger partial charge in [-0.25, -0.2) is 0 Å². The van der Waals surface area contributed by atoms with Crippen LogP contribution in [-0.2, 0) is 4.79 Å². The van der Waals surface area contributed by atoms with Crippen LogP contribution < -0.4 is 10.1 Å². The van der Waals surface area contributed by atoms with E-state index in [9.17, 15) is 4.79 Å². The summed E-state index contributed by atoms with van der Waals surface area (Å²) in [5.41, 5.74) is 1.65. The van der Waals surface area contributed by atoms with E-state index in [-0.39, 0.29) is 17.9 Å². The highest BCUT2D eigenvalue weighted by Crippen LogP contribution is 2.28. The smallest absolute Gasteiger partial charge is 0.239 e. The molecule has 0 aromatic heterocycles. The fourth-order valence-corrected chi connectivity index (χ4v) is 1.39. The van der Waals surface area contributed by atoms with Gasteiger partial charge < -0.3 is 10.1 Å². The molecule has 1 amide bonds. The Morgan fingerprint density at radius 1 is 1.50 bits per heavy atom. The molecule has 0 saturated carbocycles. The zero-order chi connectivity index (χ0) is 12.1. The average Bonchev–Trinajstić information content (AvgIpc) is 2.22. The highest BCUT2D eigenvalue weighted by atomic mass is 35.5. The first-order valence-corrected chi connectivity index (χ1v) is 5.70. The third-order valence-electron chi connectivity index (χ3n) is 1.98. The second-order valence-electron chi connectivity index (χ2n) is 3.80. The molecule has 1 N–H and O–H groups in total. The molecule has 88 valence electrons. The van der Waals surface area contributed by atoms with Gasteiger partial charge in [-0.05, 0) is 32.4 Å². The SMILES string of the molecule is Cc1cccc(OC(C)C)c1NC(=O)CCl. The molecule has 0 radical (unpaired) electrons. The number of alkyl halides is 1. The van der Waals surface area contributed by atoms with Gasteiger partial charge in [-0.2, -0.15) is 0 Å². The van der Waals surface area contributed by atoms with Gasteiger partial charge in [-0.3, -0.25) is 4.79 Å². The number of hydrogen-bond acceptors (Lipinski definition) is 2. The van der Waals surface area contributed by atoms with Crippen LogP contribution in [0.2, 0.25) is 0 Å². The average molecular weight is 242 g/mol. The van der Waals surface area contributed by atoms with Crippen molar-refractivity contribution in [3.63, 3.8) is 0 Å². The molecule has 0 saturated heterocycles. The number of carbonyl (C=O) groups is 1. The molecule has 3 nitrogen and oxygen atoms in total. The summed E-state index contributed by atoms with van der Waals surface area (Å²) in [7, 11) is 0. The number of anilines is 1. The third-order valence-corrected chi connectivity index (χ3v) is 2.23. The van der Waals surface area contributed by atoms with Gasteiger partial charge in [0.15, 0.2) is 0 Å². The summed E-state index contributed by atoms with van der Waals surface area (Å²) in [6.45, 7) is 5.79. The molecule has 1 aromatic rings. The zero-order valence-electron chi connectivity index (χ0n) is 9.71. The van der Waals surface area contributed by atoms with Crippen molar-refractivity contribution in [2.75, 3.05) is 11.2 Å². The number of para-hydroxylation sites is 1. The number of carbonyl (C=O) groups excluding carboxylic acids is 1. The van der Waals surface area contributed by atoms with Gasteiger partial charge in [0, 0.05) is 0 Å². The van der Waals surface area contributed by atoms with E-state index in [1.807, 2.05) is 39.0 Å². The van der Waals surface area contributed by atoms with Gasteiger partial charge in [-0.15, -0.1) is 11.6 Å². The highest BCUT2D eigenvalue weighted by molar-refractivity contribution is 6.29. The number of benzene rings is 1. The quantitative estimate of drug-likeness (QED) is 0.823. The van der Waals surface area contributed by atoms with Crippen molar-refractivity contribution >= 4 is 23.2 Å². The number of hydrogen-bond donors (Lipinski definition) is 1. The van der Waals surface area contributed by atoms with Gasteiger partial charge >= 0.3 is 0 Å². The zero-order valence-corrected chi connectivity index (χ0v) is 10.5. The summed E-state index contributed by atoms with van der Waals surface area (Å²) in [6, 6.07) is 5.64. The molecule has 0 fully saturated rings. The molecule has 0 aliphatic rings. The molecule has 0 unspecified atom stereocenters. The number of rotatable bonds is 4. The molecule has 0 atom stereocenters. The van der Waals surface area contributed by atoms with E-state index in [2.05, 4.69) is 5.32 Å². The Morgan fingerprint density at radius 2 is 2.19 bits per heavy atom. The minimum absolute atomic E-state index is 0.0601. The topological polar surface area (TPSA) is 38.3 Å². The molecule has 0 aliphatic carbocycles. The molecular weight excluding hydrogens is 226 g/mol.